The number of aliphatic hydroxyl groups is 1. The number of β-amino-alcohol motifs (C(OH)–C–C–N with tert-alkyl or cyclic N) is 1. The summed E-state index contributed by atoms with van der Waals surface area (Å²) in [5, 5.41) is 13.9. The van der Waals surface area contributed by atoms with Gasteiger partial charge in [0.05, 0.1) is 12.1 Å². The molecule has 2 aromatic rings. The van der Waals surface area contributed by atoms with Crippen LogP contribution >= 0.6 is 0 Å². The summed E-state index contributed by atoms with van der Waals surface area (Å²) in [6, 6.07) is 18.9. The molecule has 3 nitrogen and oxygen atoms in total. The van der Waals surface area contributed by atoms with Gasteiger partial charge in [0.25, 0.3) is 0 Å². The van der Waals surface area contributed by atoms with Crippen LogP contribution in [0, 0.1) is 6.92 Å². The maximum atomic E-state index is 10.4. The Hall–Kier alpha value is -1.84. The first kappa shape index (κ1) is 15.1. The van der Waals surface area contributed by atoms with Crippen molar-refractivity contribution in [3.63, 3.8) is 0 Å². The summed E-state index contributed by atoms with van der Waals surface area (Å²) < 4.78 is 0. The first-order valence-electron chi connectivity index (χ1n) is 7.98. The molecule has 3 heteroatoms. The predicted octanol–water partition coefficient (Wildman–Crippen LogP) is 3.04. The van der Waals surface area contributed by atoms with Gasteiger partial charge in [-0.3, -0.25) is 4.90 Å². The average molecular weight is 296 g/mol. The quantitative estimate of drug-likeness (QED) is 0.910. The summed E-state index contributed by atoms with van der Waals surface area (Å²) in [7, 11) is 0. The highest BCUT2D eigenvalue weighted by Gasteiger charge is 2.27. The van der Waals surface area contributed by atoms with Crippen LogP contribution < -0.4 is 5.32 Å². The minimum Gasteiger partial charge on any atom is -0.390 e. The highest BCUT2D eigenvalue weighted by Crippen LogP contribution is 2.19. The second-order valence-electron chi connectivity index (χ2n) is 6.19. The lowest BCUT2D eigenvalue weighted by molar-refractivity contribution is 0.0562. The predicted molar refractivity (Wildman–Crippen MR) is 90.9 cm³/mol. The standard InChI is InChI=1S/C19H24N2O/c1-15-7-9-17(10-8-15)20-18-11-12-21(14-19(18)22)13-16-5-3-2-4-6-16/h2-10,18-20,22H,11-14H2,1H3/t18-,19-/m0/s1. The fraction of sp³-hybridized carbons (Fsp3) is 0.368. The van der Waals surface area contributed by atoms with Crippen LogP contribution in [0.3, 0.4) is 0 Å². The van der Waals surface area contributed by atoms with E-state index in [0.717, 1.165) is 31.7 Å². The SMILES string of the molecule is Cc1ccc(N[C@H]2CCN(Cc3ccccc3)C[C@@H]2O)cc1. The van der Waals surface area contributed by atoms with Gasteiger partial charge in [-0.2, -0.15) is 0 Å². The molecular weight excluding hydrogens is 272 g/mol. The smallest absolute Gasteiger partial charge is 0.0868 e. The monoisotopic (exact) mass is 296 g/mol. The molecule has 0 radical (unpaired) electrons. The van der Waals surface area contributed by atoms with Gasteiger partial charge in [-0.25, -0.2) is 0 Å². The number of hydrogen-bond acceptors (Lipinski definition) is 3. The molecule has 0 aliphatic carbocycles. The Bertz CT molecular complexity index is 582. The topological polar surface area (TPSA) is 35.5 Å². The van der Waals surface area contributed by atoms with E-state index >= 15 is 0 Å². The van der Waals surface area contributed by atoms with E-state index in [9.17, 15) is 5.11 Å². The molecule has 1 fully saturated rings. The fourth-order valence-electron chi connectivity index (χ4n) is 3.01. The molecular formula is C19H24N2O. The molecule has 0 bridgehead atoms. The minimum atomic E-state index is -0.334. The van der Waals surface area contributed by atoms with Gasteiger partial charge >= 0.3 is 0 Å². The van der Waals surface area contributed by atoms with E-state index in [1.807, 2.05) is 6.07 Å². The number of nitrogens with one attached hydrogen (secondary N) is 1. The van der Waals surface area contributed by atoms with Gasteiger partial charge in [0.1, 0.15) is 0 Å². The second kappa shape index (κ2) is 6.95. The molecule has 0 amide bonds. The largest absolute Gasteiger partial charge is 0.390 e. The third-order valence-corrected chi connectivity index (χ3v) is 4.32. The molecule has 22 heavy (non-hydrogen) atoms. The van der Waals surface area contributed by atoms with Gasteiger partial charge in [0.2, 0.25) is 0 Å². The van der Waals surface area contributed by atoms with Crippen LogP contribution in [-0.2, 0) is 6.54 Å². The lowest BCUT2D eigenvalue weighted by atomic mass is 10.0. The van der Waals surface area contributed by atoms with Crippen molar-refractivity contribution < 1.29 is 5.11 Å². The van der Waals surface area contributed by atoms with Crippen LogP contribution in [0.25, 0.3) is 0 Å². The Morgan fingerprint density at radius 2 is 1.82 bits per heavy atom. The summed E-state index contributed by atoms with van der Waals surface area (Å²) in [5.74, 6) is 0. The van der Waals surface area contributed by atoms with Crippen molar-refractivity contribution >= 4 is 5.69 Å². The van der Waals surface area contributed by atoms with E-state index in [-0.39, 0.29) is 12.1 Å². The van der Waals surface area contributed by atoms with Gasteiger partial charge in [-0.05, 0) is 31.0 Å². The fourth-order valence-corrected chi connectivity index (χ4v) is 3.01. The summed E-state index contributed by atoms with van der Waals surface area (Å²) in [4.78, 5) is 2.33. The van der Waals surface area contributed by atoms with Crippen molar-refractivity contribution in [1.29, 1.82) is 0 Å². The molecule has 1 heterocycles. The number of aryl methyl sites for hydroxylation is 1. The van der Waals surface area contributed by atoms with Crippen molar-refractivity contribution in [2.45, 2.75) is 32.0 Å². The van der Waals surface area contributed by atoms with Gasteiger partial charge in [-0.1, -0.05) is 48.0 Å². The van der Waals surface area contributed by atoms with Gasteiger partial charge in [0, 0.05) is 25.3 Å². The van der Waals surface area contributed by atoms with Crippen molar-refractivity contribution in [2.24, 2.45) is 0 Å². The van der Waals surface area contributed by atoms with Crippen molar-refractivity contribution in [2.75, 3.05) is 18.4 Å². The lowest BCUT2D eigenvalue weighted by Gasteiger charge is -2.36. The van der Waals surface area contributed by atoms with E-state index < -0.39 is 0 Å². The molecule has 1 saturated heterocycles. The number of nitrogens with zero attached hydrogens (tertiary/aromatic N) is 1. The Balaban J connectivity index is 1.54. The van der Waals surface area contributed by atoms with Crippen LogP contribution in [0.5, 0.6) is 0 Å². The van der Waals surface area contributed by atoms with Crippen LogP contribution in [-0.4, -0.2) is 35.2 Å². The molecule has 1 aliphatic heterocycles. The number of anilines is 1. The number of rotatable bonds is 4. The Labute approximate surface area is 132 Å². The highest BCUT2D eigenvalue weighted by molar-refractivity contribution is 5.45. The first-order chi connectivity index (χ1) is 10.7. The Morgan fingerprint density at radius 1 is 1.09 bits per heavy atom. The maximum Gasteiger partial charge on any atom is 0.0868 e. The molecule has 0 unspecified atom stereocenters. The summed E-state index contributed by atoms with van der Waals surface area (Å²) >= 11 is 0. The van der Waals surface area contributed by atoms with E-state index in [1.165, 1.54) is 11.1 Å². The number of benzene rings is 2. The van der Waals surface area contributed by atoms with Crippen LogP contribution in [0.4, 0.5) is 5.69 Å². The zero-order chi connectivity index (χ0) is 15.4. The Kier molecular flexibility index (Phi) is 4.76. The number of likely N-dealkylation sites (tertiary alicyclic amines) is 1. The number of aliphatic hydroxyl groups excluding tert-OH is 1. The average Bonchev–Trinajstić information content (AvgIpc) is 2.53. The van der Waals surface area contributed by atoms with Crippen LogP contribution in [0.2, 0.25) is 0 Å². The third kappa shape index (κ3) is 3.87. The van der Waals surface area contributed by atoms with Crippen LogP contribution in [0.15, 0.2) is 54.6 Å². The molecule has 0 spiro atoms. The van der Waals surface area contributed by atoms with Gasteiger partial charge in [-0.15, -0.1) is 0 Å². The van der Waals surface area contributed by atoms with E-state index in [4.69, 9.17) is 0 Å². The highest BCUT2D eigenvalue weighted by atomic mass is 16.3. The molecule has 1 aliphatic rings. The molecule has 2 aromatic carbocycles. The zero-order valence-corrected chi connectivity index (χ0v) is 13.1. The Morgan fingerprint density at radius 3 is 2.50 bits per heavy atom. The van der Waals surface area contributed by atoms with Gasteiger partial charge < -0.3 is 10.4 Å². The normalized spacial score (nSPS) is 22.5. The molecule has 2 atom stereocenters. The molecule has 3 rings (SSSR count). The summed E-state index contributed by atoms with van der Waals surface area (Å²) in [6.07, 6.45) is 0.626. The maximum absolute atomic E-state index is 10.4. The second-order valence-corrected chi connectivity index (χ2v) is 6.19. The summed E-state index contributed by atoms with van der Waals surface area (Å²) in [6.45, 7) is 4.73. The lowest BCUT2D eigenvalue weighted by Crippen LogP contribution is -2.49. The molecule has 0 saturated carbocycles. The van der Waals surface area contributed by atoms with Crippen molar-refractivity contribution in [3.8, 4) is 0 Å². The number of piperidine rings is 1. The van der Waals surface area contributed by atoms with Gasteiger partial charge in [0.15, 0.2) is 0 Å². The third-order valence-electron chi connectivity index (χ3n) is 4.32. The van der Waals surface area contributed by atoms with Crippen molar-refractivity contribution in [3.05, 3.63) is 65.7 Å². The molecule has 116 valence electrons. The van der Waals surface area contributed by atoms with Crippen LogP contribution in [0.1, 0.15) is 17.5 Å². The van der Waals surface area contributed by atoms with E-state index in [2.05, 4.69) is 65.7 Å². The zero-order valence-electron chi connectivity index (χ0n) is 13.1. The molecule has 2 N–H and O–H groups in total. The van der Waals surface area contributed by atoms with Crippen molar-refractivity contribution in [1.82, 2.24) is 4.90 Å². The number of hydrogen-bond donors (Lipinski definition) is 2. The van der Waals surface area contributed by atoms with E-state index in [1.54, 1.807) is 0 Å². The minimum absolute atomic E-state index is 0.134. The first-order valence-corrected chi connectivity index (χ1v) is 7.98. The summed E-state index contributed by atoms with van der Waals surface area (Å²) in [5.41, 5.74) is 3.65. The van der Waals surface area contributed by atoms with E-state index in [0.29, 0.717) is 0 Å². The molecule has 0 aromatic heterocycles.